The van der Waals surface area contributed by atoms with Crippen LogP contribution in [0, 0.1) is 0 Å². The van der Waals surface area contributed by atoms with Crippen molar-refractivity contribution in [3.63, 3.8) is 0 Å². The number of anilines is 2. The summed E-state index contributed by atoms with van der Waals surface area (Å²) in [5.74, 6) is 0. The molecule has 0 aliphatic heterocycles. The fourth-order valence-electron chi connectivity index (χ4n) is 2.79. The fraction of sp³-hybridized carbons (Fsp3) is 0.381. The molecule has 0 radical (unpaired) electrons. The van der Waals surface area contributed by atoms with Crippen LogP contribution in [-0.4, -0.2) is 44.2 Å². The van der Waals surface area contributed by atoms with E-state index in [2.05, 4.69) is 65.6 Å². The monoisotopic (exact) mass is 354 g/mol. The van der Waals surface area contributed by atoms with Crippen LogP contribution >= 0.6 is 0 Å². The Balaban J connectivity index is 1.80. The average Bonchev–Trinajstić information content (AvgIpc) is 2.66. The Morgan fingerprint density at radius 2 is 1.62 bits per heavy atom. The maximum Gasteiger partial charge on any atom is 0.319 e. The Bertz CT molecular complexity index is 653. The Hall–Kier alpha value is -2.53. The number of rotatable bonds is 9. The van der Waals surface area contributed by atoms with Crippen molar-refractivity contribution in [3.05, 3.63) is 60.2 Å². The molecule has 5 heteroatoms. The highest BCUT2D eigenvalue weighted by Gasteiger charge is 2.05. The third kappa shape index (κ3) is 6.41. The molecule has 2 aromatic rings. The lowest BCUT2D eigenvalue weighted by Crippen LogP contribution is -2.36. The quantitative estimate of drug-likeness (QED) is 0.720. The SMILES string of the molecule is CCN(CC)CCNC(=O)Nc1ccc(N(C)Cc2ccccc2)cc1. The zero-order valence-corrected chi connectivity index (χ0v) is 16.0. The lowest BCUT2D eigenvalue weighted by molar-refractivity contribution is 0.248. The number of likely N-dealkylation sites (N-methyl/N-ethyl adjacent to an activating group) is 1. The van der Waals surface area contributed by atoms with E-state index in [1.165, 1.54) is 5.56 Å². The highest BCUT2D eigenvalue weighted by Crippen LogP contribution is 2.18. The highest BCUT2D eigenvalue weighted by atomic mass is 16.2. The molecule has 0 unspecified atom stereocenters. The lowest BCUT2D eigenvalue weighted by Gasteiger charge is -2.20. The van der Waals surface area contributed by atoms with Gasteiger partial charge in [-0.3, -0.25) is 0 Å². The van der Waals surface area contributed by atoms with Gasteiger partial charge in [-0.15, -0.1) is 0 Å². The zero-order chi connectivity index (χ0) is 18.8. The van der Waals surface area contributed by atoms with Crippen LogP contribution in [0.4, 0.5) is 16.2 Å². The van der Waals surface area contributed by atoms with E-state index in [-0.39, 0.29) is 6.03 Å². The van der Waals surface area contributed by atoms with Gasteiger partial charge in [0.25, 0.3) is 0 Å². The van der Waals surface area contributed by atoms with Gasteiger partial charge in [0.1, 0.15) is 0 Å². The molecule has 0 fully saturated rings. The minimum absolute atomic E-state index is 0.164. The van der Waals surface area contributed by atoms with Crippen molar-refractivity contribution < 1.29 is 4.79 Å². The van der Waals surface area contributed by atoms with E-state index in [9.17, 15) is 4.79 Å². The lowest BCUT2D eigenvalue weighted by atomic mass is 10.2. The summed E-state index contributed by atoms with van der Waals surface area (Å²) < 4.78 is 0. The minimum atomic E-state index is -0.164. The van der Waals surface area contributed by atoms with Crippen molar-refractivity contribution >= 4 is 17.4 Å². The van der Waals surface area contributed by atoms with E-state index in [4.69, 9.17) is 0 Å². The molecule has 0 aliphatic rings. The number of carbonyl (C=O) groups excluding carboxylic acids is 1. The summed E-state index contributed by atoms with van der Waals surface area (Å²) in [7, 11) is 2.06. The van der Waals surface area contributed by atoms with Gasteiger partial charge in [0.05, 0.1) is 0 Å². The highest BCUT2D eigenvalue weighted by molar-refractivity contribution is 5.89. The molecule has 0 aromatic heterocycles. The van der Waals surface area contributed by atoms with Crippen LogP contribution in [0.2, 0.25) is 0 Å². The van der Waals surface area contributed by atoms with Gasteiger partial charge in [-0.25, -0.2) is 4.79 Å². The van der Waals surface area contributed by atoms with Gasteiger partial charge in [-0.05, 0) is 42.9 Å². The van der Waals surface area contributed by atoms with Gasteiger partial charge in [0, 0.05) is 38.1 Å². The van der Waals surface area contributed by atoms with Gasteiger partial charge in [-0.1, -0.05) is 44.2 Å². The van der Waals surface area contributed by atoms with Crippen LogP contribution < -0.4 is 15.5 Å². The summed E-state index contributed by atoms with van der Waals surface area (Å²) in [6.45, 7) is 8.60. The zero-order valence-electron chi connectivity index (χ0n) is 16.0. The molecule has 2 rings (SSSR count). The van der Waals surface area contributed by atoms with Gasteiger partial charge < -0.3 is 20.4 Å². The maximum atomic E-state index is 12.0. The third-order valence-corrected chi connectivity index (χ3v) is 4.44. The van der Waals surface area contributed by atoms with Crippen molar-refractivity contribution in [2.24, 2.45) is 0 Å². The smallest absolute Gasteiger partial charge is 0.319 e. The van der Waals surface area contributed by atoms with E-state index in [0.29, 0.717) is 6.54 Å². The number of nitrogens with zero attached hydrogens (tertiary/aromatic N) is 2. The molecule has 5 nitrogen and oxygen atoms in total. The Morgan fingerprint density at radius 1 is 0.962 bits per heavy atom. The number of urea groups is 1. The normalized spacial score (nSPS) is 10.6. The number of hydrogen-bond donors (Lipinski definition) is 2. The third-order valence-electron chi connectivity index (χ3n) is 4.44. The predicted octanol–water partition coefficient (Wildman–Crippen LogP) is 3.79. The molecular formula is C21H30N4O. The largest absolute Gasteiger partial charge is 0.370 e. The van der Waals surface area contributed by atoms with Crippen LogP contribution in [-0.2, 0) is 6.54 Å². The first-order valence-electron chi connectivity index (χ1n) is 9.24. The van der Waals surface area contributed by atoms with E-state index in [1.807, 2.05) is 30.3 Å². The molecule has 0 atom stereocenters. The molecular weight excluding hydrogens is 324 g/mol. The summed E-state index contributed by atoms with van der Waals surface area (Å²) in [4.78, 5) is 16.4. The second kappa shape index (κ2) is 10.5. The van der Waals surface area contributed by atoms with E-state index >= 15 is 0 Å². The van der Waals surface area contributed by atoms with Crippen molar-refractivity contribution in [2.45, 2.75) is 20.4 Å². The predicted molar refractivity (Wildman–Crippen MR) is 110 cm³/mol. The summed E-state index contributed by atoms with van der Waals surface area (Å²) in [6, 6.07) is 18.1. The first-order chi connectivity index (χ1) is 12.6. The number of carbonyl (C=O) groups is 1. The van der Waals surface area contributed by atoms with E-state index in [0.717, 1.165) is 37.6 Å². The van der Waals surface area contributed by atoms with Crippen LogP contribution in [0.5, 0.6) is 0 Å². The first kappa shape index (κ1) is 19.8. The molecule has 2 aromatic carbocycles. The number of nitrogens with one attached hydrogen (secondary N) is 2. The van der Waals surface area contributed by atoms with Crippen molar-refractivity contribution in [1.82, 2.24) is 10.2 Å². The van der Waals surface area contributed by atoms with Gasteiger partial charge in [-0.2, -0.15) is 0 Å². The van der Waals surface area contributed by atoms with E-state index in [1.54, 1.807) is 0 Å². The topological polar surface area (TPSA) is 47.6 Å². The molecule has 0 saturated carbocycles. The van der Waals surface area contributed by atoms with Crippen LogP contribution in [0.25, 0.3) is 0 Å². The molecule has 2 amide bonds. The number of hydrogen-bond acceptors (Lipinski definition) is 3. The van der Waals surface area contributed by atoms with Gasteiger partial charge in [0.2, 0.25) is 0 Å². The van der Waals surface area contributed by atoms with Crippen LogP contribution in [0.15, 0.2) is 54.6 Å². The standard InChI is InChI=1S/C21H30N4O/c1-4-25(5-2)16-15-22-21(26)23-19-11-13-20(14-12-19)24(3)17-18-9-7-6-8-10-18/h6-14H,4-5,15-17H2,1-3H3,(H2,22,23,26). The molecule has 0 saturated heterocycles. The Kier molecular flexibility index (Phi) is 7.96. The summed E-state index contributed by atoms with van der Waals surface area (Å²) >= 11 is 0. The summed E-state index contributed by atoms with van der Waals surface area (Å²) in [5, 5.41) is 5.78. The summed E-state index contributed by atoms with van der Waals surface area (Å²) in [6.07, 6.45) is 0. The fourth-order valence-corrected chi connectivity index (χ4v) is 2.79. The maximum absolute atomic E-state index is 12.0. The number of amides is 2. The summed E-state index contributed by atoms with van der Waals surface area (Å²) in [5.41, 5.74) is 3.17. The second-order valence-electron chi connectivity index (χ2n) is 6.30. The molecule has 0 spiro atoms. The number of benzene rings is 2. The van der Waals surface area contributed by atoms with Crippen molar-refractivity contribution in [2.75, 3.05) is 43.4 Å². The molecule has 0 aliphatic carbocycles. The molecule has 0 bridgehead atoms. The molecule has 2 N–H and O–H groups in total. The first-order valence-corrected chi connectivity index (χ1v) is 9.24. The minimum Gasteiger partial charge on any atom is -0.370 e. The Labute approximate surface area is 157 Å². The van der Waals surface area contributed by atoms with Crippen LogP contribution in [0.3, 0.4) is 0 Å². The van der Waals surface area contributed by atoms with Crippen molar-refractivity contribution in [1.29, 1.82) is 0 Å². The van der Waals surface area contributed by atoms with Gasteiger partial charge >= 0.3 is 6.03 Å². The van der Waals surface area contributed by atoms with Crippen LogP contribution in [0.1, 0.15) is 19.4 Å². The van der Waals surface area contributed by atoms with E-state index < -0.39 is 0 Å². The molecule has 26 heavy (non-hydrogen) atoms. The van der Waals surface area contributed by atoms with Gasteiger partial charge in [0.15, 0.2) is 0 Å². The second-order valence-corrected chi connectivity index (χ2v) is 6.30. The Morgan fingerprint density at radius 3 is 2.23 bits per heavy atom. The molecule has 140 valence electrons. The average molecular weight is 354 g/mol. The molecule has 0 heterocycles. The van der Waals surface area contributed by atoms with Crippen molar-refractivity contribution in [3.8, 4) is 0 Å².